The Hall–Kier alpha value is -1.56. The zero-order valence-electron chi connectivity index (χ0n) is 12.0. The molecule has 2 atom stereocenters. The zero-order valence-corrected chi connectivity index (χ0v) is 13.6. The smallest absolute Gasteiger partial charge is 0.327 e. The molecule has 5 nitrogen and oxygen atoms in total. The largest absolute Gasteiger partial charge is 0.492 e. The van der Waals surface area contributed by atoms with Gasteiger partial charge in [-0.1, -0.05) is 19.1 Å². The summed E-state index contributed by atoms with van der Waals surface area (Å²) >= 11 is 3.46. The normalized spacial score (nSPS) is 25.1. The number of hydrogen-bond acceptors (Lipinski definition) is 3. The molecule has 2 aliphatic heterocycles. The van der Waals surface area contributed by atoms with Crippen molar-refractivity contribution in [2.45, 2.75) is 31.8 Å². The lowest BCUT2D eigenvalue weighted by Gasteiger charge is -2.31. The summed E-state index contributed by atoms with van der Waals surface area (Å²) in [6.45, 7) is 2.42. The number of carbonyl (C=O) groups is 2. The van der Waals surface area contributed by atoms with E-state index in [0.29, 0.717) is 19.4 Å². The monoisotopic (exact) mass is 352 g/mol. The quantitative estimate of drug-likeness (QED) is 0.769. The first kappa shape index (κ1) is 14.4. The second-order valence-corrected chi connectivity index (χ2v) is 6.19. The molecule has 6 heteroatoms. The number of fused-ring (bicyclic) bond motifs is 1. The fourth-order valence-electron chi connectivity index (χ4n) is 3.10. The molecule has 21 heavy (non-hydrogen) atoms. The van der Waals surface area contributed by atoms with Gasteiger partial charge >= 0.3 is 6.03 Å². The van der Waals surface area contributed by atoms with Gasteiger partial charge in [-0.25, -0.2) is 4.79 Å². The minimum absolute atomic E-state index is 0.108. The number of amides is 3. The first-order valence-electron chi connectivity index (χ1n) is 7.07. The van der Waals surface area contributed by atoms with E-state index in [1.165, 1.54) is 9.80 Å². The van der Waals surface area contributed by atoms with Crippen molar-refractivity contribution in [3.05, 3.63) is 28.2 Å². The Bertz CT molecular complexity index is 605. The minimum Gasteiger partial charge on any atom is -0.492 e. The van der Waals surface area contributed by atoms with Gasteiger partial charge in [0.2, 0.25) is 0 Å². The average molecular weight is 353 g/mol. The summed E-state index contributed by atoms with van der Waals surface area (Å²) in [6, 6.07) is 4.90. The van der Waals surface area contributed by atoms with E-state index in [0.717, 1.165) is 15.8 Å². The Balaban J connectivity index is 2.01. The number of halogens is 1. The number of benzene rings is 1. The molecular formula is C15H17BrN2O3. The Kier molecular flexibility index (Phi) is 3.65. The predicted molar refractivity (Wildman–Crippen MR) is 81.1 cm³/mol. The van der Waals surface area contributed by atoms with Crippen LogP contribution in [0.25, 0.3) is 0 Å². The lowest BCUT2D eigenvalue weighted by atomic mass is 9.99. The van der Waals surface area contributed by atoms with Crippen LogP contribution in [0.1, 0.15) is 31.4 Å². The maximum absolute atomic E-state index is 12.6. The Labute approximate surface area is 132 Å². The van der Waals surface area contributed by atoms with E-state index >= 15 is 0 Å². The van der Waals surface area contributed by atoms with Crippen molar-refractivity contribution < 1.29 is 14.3 Å². The number of rotatable bonds is 2. The molecule has 2 aliphatic rings. The van der Waals surface area contributed by atoms with Gasteiger partial charge in [0, 0.05) is 19.0 Å². The van der Waals surface area contributed by atoms with Crippen LogP contribution < -0.4 is 4.74 Å². The number of imide groups is 1. The molecule has 0 N–H and O–H groups in total. The predicted octanol–water partition coefficient (Wildman–Crippen LogP) is 2.95. The zero-order chi connectivity index (χ0) is 15.1. The SMILES string of the molecule is CC[C@H]1C(=O)N([C@@H]2CCOc3c(Br)cccc32)C(=O)N1C. The van der Waals surface area contributed by atoms with Crippen LogP contribution in [0.15, 0.2) is 22.7 Å². The van der Waals surface area contributed by atoms with Gasteiger partial charge < -0.3 is 9.64 Å². The van der Waals surface area contributed by atoms with Crippen molar-refractivity contribution in [3.63, 3.8) is 0 Å². The van der Waals surface area contributed by atoms with Crippen molar-refractivity contribution in [2.24, 2.45) is 0 Å². The second kappa shape index (κ2) is 5.33. The standard InChI is InChI=1S/C15H17BrN2O3/c1-3-11-14(19)18(15(20)17(11)2)12-7-8-21-13-9(12)5-4-6-10(13)16/h4-6,11-12H,3,7-8H2,1-2H3/t11-,12+/m0/s1. The lowest BCUT2D eigenvalue weighted by molar-refractivity contribution is -0.130. The highest BCUT2D eigenvalue weighted by Gasteiger charge is 2.47. The van der Waals surface area contributed by atoms with Gasteiger partial charge in [0.15, 0.2) is 0 Å². The van der Waals surface area contributed by atoms with Crippen molar-refractivity contribution in [1.82, 2.24) is 9.80 Å². The van der Waals surface area contributed by atoms with Crippen molar-refractivity contribution in [2.75, 3.05) is 13.7 Å². The molecule has 1 aromatic carbocycles. The molecule has 0 radical (unpaired) electrons. The highest BCUT2D eigenvalue weighted by Crippen LogP contribution is 2.42. The third-order valence-corrected chi connectivity index (χ3v) is 4.81. The maximum Gasteiger partial charge on any atom is 0.327 e. The molecule has 0 spiro atoms. The number of ether oxygens (including phenoxy) is 1. The van der Waals surface area contributed by atoms with E-state index in [-0.39, 0.29) is 24.0 Å². The van der Waals surface area contributed by atoms with Crippen LogP contribution in [-0.4, -0.2) is 41.4 Å². The van der Waals surface area contributed by atoms with E-state index in [2.05, 4.69) is 15.9 Å². The molecule has 0 unspecified atom stereocenters. The van der Waals surface area contributed by atoms with Gasteiger partial charge in [-0.15, -0.1) is 0 Å². The molecule has 0 aromatic heterocycles. The topological polar surface area (TPSA) is 49.9 Å². The molecule has 0 saturated carbocycles. The van der Waals surface area contributed by atoms with Gasteiger partial charge in [0.1, 0.15) is 11.8 Å². The van der Waals surface area contributed by atoms with Crippen molar-refractivity contribution in [3.8, 4) is 5.75 Å². The first-order valence-corrected chi connectivity index (χ1v) is 7.86. The van der Waals surface area contributed by atoms with Crippen LogP contribution in [0, 0.1) is 0 Å². The van der Waals surface area contributed by atoms with E-state index in [4.69, 9.17) is 4.74 Å². The summed E-state index contributed by atoms with van der Waals surface area (Å²) in [5, 5.41) is 0. The summed E-state index contributed by atoms with van der Waals surface area (Å²) in [7, 11) is 1.69. The number of likely N-dealkylation sites (N-methyl/N-ethyl adjacent to an activating group) is 1. The highest BCUT2D eigenvalue weighted by molar-refractivity contribution is 9.10. The summed E-state index contributed by atoms with van der Waals surface area (Å²) in [6.07, 6.45) is 1.26. The third kappa shape index (κ3) is 2.12. The highest BCUT2D eigenvalue weighted by atomic mass is 79.9. The molecule has 1 saturated heterocycles. The summed E-state index contributed by atoms with van der Waals surface area (Å²) in [5.74, 6) is 0.625. The van der Waals surface area contributed by atoms with Gasteiger partial charge in [-0.2, -0.15) is 0 Å². The van der Waals surface area contributed by atoms with E-state index < -0.39 is 0 Å². The summed E-state index contributed by atoms with van der Waals surface area (Å²) in [5.41, 5.74) is 0.891. The number of carbonyl (C=O) groups excluding carboxylic acids is 2. The van der Waals surface area contributed by atoms with Crippen molar-refractivity contribution in [1.29, 1.82) is 0 Å². The van der Waals surface area contributed by atoms with Gasteiger partial charge in [0.25, 0.3) is 5.91 Å². The molecule has 0 aliphatic carbocycles. The Morgan fingerprint density at radius 2 is 2.14 bits per heavy atom. The molecule has 3 amide bonds. The number of nitrogens with zero attached hydrogens (tertiary/aromatic N) is 2. The Morgan fingerprint density at radius 1 is 1.38 bits per heavy atom. The van der Waals surface area contributed by atoms with E-state index in [1.807, 2.05) is 25.1 Å². The fourth-order valence-corrected chi connectivity index (χ4v) is 3.59. The number of para-hydroxylation sites is 1. The van der Waals surface area contributed by atoms with Crippen LogP contribution in [0.4, 0.5) is 4.79 Å². The molecular weight excluding hydrogens is 336 g/mol. The summed E-state index contributed by atoms with van der Waals surface area (Å²) in [4.78, 5) is 28.0. The van der Waals surface area contributed by atoms with Crippen LogP contribution in [0.3, 0.4) is 0 Å². The summed E-state index contributed by atoms with van der Waals surface area (Å²) < 4.78 is 6.54. The first-order chi connectivity index (χ1) is 10.1. The van der Waals surface area contributed by atoms with Gasteiger partial charge in [0.05, 0.1) is 17.1 Å². The van der Waals surface area contributed by atoms with E-state index in [9.17, 15) is 9.59 Å². The fraction of sp³-hybridized carbons (Fsp3) is 0.467. The third-order valence-electron chi connectivity index (χ3n) is 4.19. The van der Waals surface area contributed by atoms with Gasteiger partial charge in [-0.05, 0) is 28.4 Å². The van der Waals surface area contributed by atoms with Crippen LogP contribution in [0.2, 0.25) is 0 Å². The minimum atomic E-state index is -0.351. The van der Waals surface area contributed by atoms with Gasteiger partial charge in [-0.3, -0.25) is 9.69 Å². The molecule has 3 rings (SSSR count). The molecule has 1 aromatic rings. The lowest BCUT2D eigenvalue weighted by Crippen LogP contribution is -2.38. The number of urea groups is 1. The van der Waals surface area contributed by atoms with E-state index in [1.54, 1.807) is 7.05 Å². The number of hydrogen-bond donors (Lipinski definition) is 0. The van der Waals surface area contributed by atoms with Crippen LogP contribution >= 0.6 is 15.9 Å². The Morgan fingerprint density at radius 3 is 2.81 bits per heavy atom. The molecule has 2 heterocycles. The molecule has 112 valence electrons. The van der Waals surface area contributed by atoms with Crippen molar-refractivity contribution >= 4 is 27.9 Å². The molecule has 1 fully saturated rings. The van der Waals surface area contributed by atoms with Crippen LogP contribution in [0.5, 0.6) is 5.75 Å². The van der Waals surface area contributed by atoms with Crippen LogP contribution in [-0.2, 0) is 4.79 Å². The maximum atomic E-state index is 12.6. The molecule has 0 bridgehead atoms. The average Bonchev–Trinajstić information content (AvgIpc) is 2.69. The second-order valence-electron chi connectivity index (χ2n) is 5.34.